The van der Waals surface area contributed by atoms with Gasteiger partial charge >= 0.3 is 0 Å². The van der Waals surface area contributed by atoms with Crippen LogP contribution >= 0.6 is 11.3 Å². The van der Waals surface area contributed by atoms with Crippen LogP contribution in [-0.4, -0.2) is 24.5 Å². The second kappa shape index (κ2) is 7.95. The number of carbonyl (C=O) groups is 1. The number of benzene rings is 2. The van der Waals surface area contributed by atoms with Crippen LogP contribution in [0, 0.1) is 13.8 Å². The molecule has 0 aliphatic carbocycles. The average Bonchev–Trinajstić information content (AvgIpc) is 3.11. The molecule has 0 radical (unpaired) electrons. The van der Waals surface area contributed by atoms with E-state index in [0.717, 1.165) is 28.0 Å². The minimum Gasteiger partial charge on any atom is -0.296 e. The Hall–Kier alpha value is -2.62. The van der Waals surface area contributed by atoms with Gasteiger partial charge < -0.3 is 0 Å². The van der Waals surface area contributed by atoms with Crippen molar-refractivity contribution in [1.29, 1.82) is 0 Å². The Kier molecular flexibility index (Phi) is 5.64. The molecule has 1 aromatic heterocycles. The summed E-state index contributed by atoms with van der Waals surface area (Å²) in [5.41, 5.74) is 3.34. The topological polar surface area (TPSA) is 101 Å². The van der Waals surface area contributed by atoms with Gasteiger partial charge in [-0.2, -0.15) is 0 Å². The number of amides is 1. The smallest absolute Gasteiger partial charge is 0.270 e. The molecule has 0 fully saturated rings. The molecule has 7 nitrogen and oxygen atoms in total. The van der Waals surface area contributed by atoms with Gasteiger partial charge in [0.05, 0.1) is 0 Å². The van der Waals surface area contributed by atoms with Crippen LogP contribution in [0.5, 0.6) is 0 Å². The summed E-state index contributed by atoms with van der Waals surface area (Å²) in [5.74, 6) is -0.369. The predicted molar refractivity (Wildman–Crippen MR) is 104 cm³/mol. The lowest BCUT2D eigenvalue weighted by Crippen LogP contribution is -2.23. The highest BCUT2D eigenvalue weighted by molar-refractivity contribution is 7.91. The molecule has 1 amide bonds. The standard InChI is InChI=1S/C18H18N4O3S2/c1-12-6-8-14(9-7-12)11-19-27(24,25)18-22-21-17(26-18)20-16(23)15-5-3-4-13(2)10-15/h3-10,19H,11H2,1-2H3,(H,20,21,23). The summed E-state index contributed by atoms with van der Waals surface area (Å²) in [6, 6.07) is 14.6. The van der Waals surface area contributed by atoms with Crippen molar-refractivity contribution in [3.8, 4) is 0 Å². The van der Waals surface area contributed by atoms with Crippen molar-refractivity contribution in [2.45, 2.75) is 24.7 Å². The van der Waals surface area contributed by atoms with Crippen molar-refractivity contribution in [2.24, 2.45) is 0 Å². The van der Waals surface area contributed by atoms with E-state index in [0.29, 0.717) is 5.56 Å². The molecule has 0 aliphatic rings. The highest BCUT2D eigenvalue weighted by atomic mass is 32.2. The van der Waals surface area contributed by atoms with E-state index in [-0.39, 0.29) is 21.9 Å². The maximum atomic E-state index is 12.4. The van der Waals surface area contributed by atoms with Gasteiger partial charge in [0.25, 0.3) is 15.9 Å². The normalized spacial score (nSPS) is 11.3. The Balaban J connectivity index is 1.66. The summed E-state index contributed by atoms with van der Waals surface area (Å²) in [6.07, 6.45) is 0. The maximum Gasteiger partial charge on any atom is 0.270 e. The van der Waals surface area contributed by atoms with Gasteiger partial charge in [0.15, 0.2) is 0 Å². The first-order valence-electron chi connectivity index (χ1n) is 8.10. The largest absolute Gasteiger partial charge is 0.296 e. The van der Waals surface area contributed by atoms with Crippen molar-refractivity contribution >= 4 is 32.4 Å². The van der Waals surface area contributed by atoms with Gasteiger partial charge in [0, 0.05) is 12.1 Å². The van der Waals surface area contributed by atoms with E-state index in [9.17, 15) is 13.2 Å². The Labute approximate surface area is 161 Å². The zero-order valence-corrected chi connectivity index (χ0v) is 16.4. The van der Waals surface area contributed by atoms with E-state index >= 15 is 0 Å². The number of hydrogen-bond donors (Lipinski definition) is 2. The number of sulfonamides is 1. The molecule has 2 aromatic carbocycles. The third-order valence-corrected chi connectivity index (χ3v) is 6.33. The minimum atomic E-state index is -3.81. The third-order valence-electron chi connectivity index (χ3n) is 3.72. The fourth-order valence-corrected chi connectivity index (χ4v) is 4.22. The first kappa shape index (κ1) is 19.2. The lowest BCUT2D eigenvalue weighted by atomic mass is 10.1. The SMILES string of the molecule is Cc1ccc(CNS(=O)(=O)c2nnc(NC(=O)c3cccc(C)c3)s2)cc1. The number of nitrogens with zero attached hydrogens (tertiary/aromatic N) is 2. The zero-order valence-electron chi connectivity index (χ0n) is 14.8. The molecule has 0 bridgehead atoms. The molecule has 0 aliphatic heterocycles. The van der Waals surface area contributed by atoms with E-state index in [4.69, 9.17) is 0 Å². The maximum absolute atomic E-state index is 12.4. The van der Waals surface area contributed by atoms with Crippen LogP contribution in [0.2, 0.25) is 0 Å². The summed E-state index contributed by atoms with van der Waals surface area (Å²) in [4.78, 5) is 12.2. The highest BCUT2D eigenvalue weighted by Crippen LogP contribution is 2.21. The number of aromatic nitrogens is 2. The summed E-state index contributed by atoms with van der Waals surface area (Å²) in [7, 11) is -3.81. The Morgan fingerprint density at radius 3 is 2.48 bits per heavy atom. The van der Waals surface area contributed by atoms with Gasteiger partial charge in [-0.25, -0.2) is 13.1 Å². The Morgan fingerprint density at radius 2 is 1.78 bits per heavy atom. The molecule has 2 N–H and O–H groups in total. The molecule has 3 aromatic rings. The predicted octanol–water partition coefficient (Wildman–Crippen LogP) is 2.89. The van der Waals surface area contributed by atoms with Crippen molar-refractivity contribution < 1.29 is 13.2 Å². The zero-order chi connectivity index (χ0) is 19.4. The summed E-state index contributed by atoms with van der Waals surface area (Å²) in [6.45, 7) is 3.99. The lowest BCUT2D eigenvalue weighted by molar-refractivity contribution is 0.102. The highest BCUT2D eigenvalue weighted by Gasteiger charge is 2.21. The van der Waals surface area contributed by atoms with Crippen LogP contribution in [0.25, 0.3) is 0 Å². The lowest BCUT2D eigenvalue weighted by Gasteiger charge is -2.04. The van der Waals surface area contributed by atoms with Gasteiger partial charge in [0.1, 0.15) is 0 Å². The molecule has 0 unspecified atom stereocenters. The number of carbonyl (C=O) groups excluding carboxylic acids is 1. The van der Waals surface area contributed by atoms with E-state index in [1.165, 1.54) is 0 Å². The Bertz CT molecular complexity index is 1060. The van der Waals surface area contributed by atoms with Gasteiger partial charge in [-0.3, -0.25) is 10.1 Å². The number of hydrogen-bond acceptors (Lipinski definition) is 6. The summed E-state index contributed by atoms with van der Waals surface area (Å²) >= 11 is 0.800. The summed E-state index contributed by atoms with van der Waals surface area (Å²) in [5, 5.41) is 10.1. The van der Waals surface area contributed by atoms with Crippen LogP contribution < -0.4 is 10.0 Å². The average molecular weight is 403 g/mol. The molecule has 0 saturated carbocycles. The molecule has 3 rings (SSSR count). The fourth-order valence-electron chi connectivity index (χ4n) is 2.27. The molecule has 0 atom stereocenters. The van der Waals surface area contributed by atoms with E-state index in [1.54, 1.807) is 18.2 Å². The van der Waals surface area contributed by atoms with Gasteiger partial charge in [-0.1, -0.05) is 58.9 Å². The number of nitrogens with one attached hydrogen (secondary N) is 2. The number of anilines is 1. The molecular weight excluding hydrogens is 384 g/mol. The van der Waals surface area contributed by atoms with Gasteiger partial charge in [-0.05, 0) is 31.5 Å². The van der Waals surface area contributed by atoms with Crippen molar-refractivity contribution in [3.63, 3.8) is 0 Å². The minimum absolute atomic E-state index is 0.122. The van der Waals surface area contributed by atoms with E-state index in [1.807, 2.05) is 44.2 Å². The Morgan fingerprint density at radius 1 is 1.04 bits per heavy atom. The quantitative estimate of drug-likeness (QED) is 0.618. The second-order valence-electron chi connectivity index (χ2n) is 6.01. The van der Waals surface area contributed by atoms with Crippen LogP contribution in [-0.2, 0) is 16.6 Å². The van der Waals surface area contributed by atoms with Gasteiger partial charge in [-0.15, -0.1) is 10.2 Å². The molecule has 9 heteroatoms. The number of rotatable bonds is 6. The molecule has 0 spiro atoms. The summed E-state index contributed by atoms with van der Waals surface area (Å²) < 4.78 is 27.0. The van der Waals surface area contributed by atoms with Gasteiger partial charge in [0.2, 0.25) is 9.47 Å². The monoisotopic (exact) mass is 402 g/mol. The number of aryl methyl sites for hydroxylation is 2. The molecular formula is C18H18N4O3S2. The van der Waals surface area contributed by atoms with Crippen molar-refractivity contribution in [2.75, 3.05) is 5.32 Å². The van der Waals surface area contributed by atoms with Crippen LogP contribution in [0.1, 0.15) is 27.0 Å². The van der Waals surface area contributed by atoms with E-state index in [2.05, 4.69) is 20.2 Å². The first-order chi connectivity index (χ1) is 12.8. The van der Waals surface area contributed by atoms with Crippen LogP contribution in [0.15, 0.2) is 52.9 Å². The van der Waals surface area contributed by atoms with E-state index < -0.39 is 10.0 Å². The molecule has 140 valence electrons. The second-order valence-corrected chi connectivity index (χ2v) is 8.93. The fraction of sp³-hybridized carbons (Fsp3) is 0.167. The molecule has 27 heavy (non-hydrogen) atoms. The molecule has 1 heterocycles. The van der Waals surface area contributed by atoms with Crippen LogP contribution in [0.4, 0.5) is 5.13 Å². The first-order valence-corrected chi connectivity index (χ1v) is 10.4. The van der Waals surface area contributed by atoms with Crippen LogP contribution in [0.3, 0.4) is 0 Å². The molecule has 0 saturated heterocycles. The van der Waals surface area contributed by atoms with Crippen molar-refractivity contribution in [1.82, 2.24) is 14.9 Å². The van der Waals surface area contributed by atoms with Crippen molar-refractivity contribution in [3.05, 3.63) is 70.8 Å². The third kappa shape index (κ3) is 4.97.